The van der Waals surface area contributed by atoms with Crippen LogP contribution in [0.5, 0.6) is 0 Å². The summed E-state index contributed by atoms with van der Waals surface area (Å²) in [5.41, 5.74) is 2.10. The molecule has 3 heterocycles. The standard InChI is InChI=1S/C26H32N4O4/c31-25-27-13-16-29(25)26(22-4-2-1-3-5-22)12-17-34-19-24(26)21-10-14-28(15-11-21)18-20-6-8-23(9-7-20)30(32)33/h1-9,21,24H,10-19H2,(H,27,31). The number of rotatable bonds is 6. The number of nitro groups is 1. The fourth-order valence-electron chi connectivity index (χ4n) is 6.21. The molecule has 8 heteroatoms. The number of nitrogens with one attached hydrogen (secondary N) is 1. The average molecular weight is 465 g/mol. The molecule has 2 atom stereocenters. The van der Waals surface area contributed by atoms with Crippen LogP contribution < -0.4 is 5.32 Å². The van der Waals surface area contributed by atoms with Crippen molar-refractivity contribution in [2.45, 2.75) is 31.3 Å². The van der Waals surface area contributed by atoms with Gasteiger partial charge in [-0.25, -0.2) is 4.79 Å². The maximum atomic E-state index is 12.9. The Morgan fingerprint density at radius 2 is 1.79 bits per heavy atom. The van der Waals surface area contributed by atoms with E-state index >= 15 is 0 Å². The van der Waals surface area contributed by atoms with E-state index in [-0.39, 0.29) is 28.1 Å². The van der Waals surface area contributed by atoms with E-state index in [4.69, 9.17) is 4.74 Å². The van der Waals surface area contributed by atoms with Crippen LogP contribution in [0.15, 0.2) is 54.6 Å². The zero-order valence-electron chi connectivity index (χ0n) is 19.4. The highest BCUT2D eigenvalue weighted by Crippen LogP contribution is 2.48. The lowest BCUT2D eigenvalue weighted by Crippen LogP contribution is -2.59. The molecule has 5 rings (SSSR count). The average Bonchev–Trinajstić information content (AvgIpc) is 3.31. The van der Waals surface area contributed by atoms with Crippen molar-refractivity contribution < 1.29 is 14.5 Å². The highest BCUT2D eigenvalue weighted by Gasteiger charge is 2.53. The second-order valence-corrected chi connectivity index (χ2v) is 9.64. The molecule has 8 nitrogen and oxygen atoms in total. The van der Waals surface area contributed by atoms with Gasteiger partial charge < -0.3 is 15.0 Å². The molecule has 3 aliphatic rings. The van der Waals surface area contributed by atoms with Gasteiger partial charge >= 0.3 is 6.03 Å². The first-order chi connectivity index (χ1) is 16.6. The van der Waals surface area contributed by atoms with Gasteiger partial charge in [0, 0.05) is 44.3 Å². The quantitative estimate of drug-likeness (QED) is 0.520. The second kappa shape index (κ2) is 9.72. The SMILES string of the molecule is O=C1NCCN1C1(c2ccccc2)CCOCC1C1CCN(Cc2ccc([N+](=O)[O-])cc2)CC1. The highest BCUT2D eigenvalue weighted by molar-refractivity contribution is 5.77. The maximum Gasteiger partial charge on any atom is 0.318 e. The molecule has 0 spiro atoms. The third kappa shape index (κ3) is 4.28. The Hall–Kier alpha value is -2.97. The molecule has 180 valence electrons. The van der Waals surface area contributed by atoms with Crippen LogP contribution in [-0.4, -0.2) is 60.1 Å². The number of nitro benzene ring substituents is 1. The van der Waals surface area contributed by atoms with Crippen LogP contribution in [0.25, 0.3) is 0 Å². The monoisotopic (exact) mass is 464 g/mol. The van der Waals surface area contributed by atoms with Crippen LogP contribution in [0.3, 0.4) is 0 Å². The molecular weight excluding hydrogens is 432 g/mol. The van der Waals surface area contributed by atoms with E-state index in [2.05, 4.69) is 39.4 Å². The van der Waals surface area contributed by atoms with Crippen LogP contribution >= 0.6 is 0 Å². The van der Waals surface area contributed by atoms with Crippen molar-refractivity contribution in [1.82, 2.24) is 15.1 Å². The van der Waals surface area contributed by atoms with Gasteiger partial charge in [0.15, 0.2) is 0 Å². The summed E-state index contributed by atoms with van der Waals surface area (Å²) >= 11 is 0. The van der Waals surface area contributed by atoms with Crippen molar-refractivity contribution in [3.05, 3.63) is 75.8 Å². The molecule has 0 aromatic heterocycles. The summed E-state index contributed by atoms with van der Waals surface area (Å²) < 4.78 is 6.03. The predicted octanol–water partition coefficient (Wildman–Crippen LogP) is 3.76. The first kappa shape index (κ1) is 22.8. The molecule has 0 aliphatic carbocycles. The maximum absolute atomic E-state index is 12.9. The summed E-state index contributed by atoms with van der Waals surface area (Å²) in [6.07, 6.45) is 2.91. The second-order valence-electron chi connectivity index (χ2n) is 9.64. The van der Waals surface area contributed by atoms with Crippen molar-refractivity contribution >= 4 is 11.7 Å². The number of likely N-dealkylation sites (tertiary alicyclic amines) is 1. The topological polar surface area (TPSA) is 88.0 Å². The van der Waals surface area contributed by atoms with E-state index in [1.807, 2.05) is 18.2 Å². The van der Waals surface area contributed by atoms with E-state index in [0.717, 1.165) is 51.0 Å². The van der Waals surface area contributed by atoms with Gasteiger partial charge in [-0.15, -0.1) is 0 Å². The van der Waals surface area contributed by atoms with Crippen molar-refractivity contribution in [1.29, 1.82) is 0 Å². The van der Waals surface area contributed by atoms with E-state index < -0.39 is 0 Å². The van der Waals surface area contributed by atoms with Crippen molar-refractivity contribution in [3.63, 3.8) is 0 Å². The smallest absolute Gasteiger partial charge is 0.318 e. The Morgan fingerprint density at radius 1 is 1.06 bits per heavy atom. The summed E-state index contributed by atoms with van der Waals surface area (Å²) in [6, 6.07) is 17.4. The molecule has 1 N–H and O–H groups in total. The number of amides is 2. The van der Waals surface area contributed by atoms with E-state index in [0.29, 0.717) is 25.7 Å². The van der Waals surface area contributed by atoms with Gasteiger partial charge in [-0.2, -0.15) is 0 Å². The molecule has 2 amide bonds. The first-order valence-corrected chi connectivity index (χ1v) is 12.2. The van der Waals surface area contributed by atoms with E-state index in [9.17, 15) is 14.9 Å². The van der Waals surface area contributed by atoms with Gasteiger partial charge in [-0.3, -0.25) is 15.0 Å². The van der Waals surface area contributed by atoms with Crippen LogP contribution in [0, 0.1) is 22.0 Å². The normalized spacial score (nSPS) is 26.4. The molecule has 3 aliphatic heterocycles. The predicted molar refractivity (Wildman–Crippen MR) is 128 cm³/mol. The molecular formula is C26H32N4O4. The van der Waals surface area contributed by atoms with E-state index in [1.165, 1.54) is 5.56 Å². The molecule has 3 saturated heterocycles. The van der Waals surface area contributed by atoms with Gasteiger partial charge in [-0.1, -0.05) is 42.5 Å². The summed E-state index contributed by atoms with van der Waals surface area (Å²) in [4.78, 5) is 28.0. The lowest BCUT2D eigenvalue weighted by molar-refractivity contribution is -0.384. The number of hydrogen-bond acceptors (Lipinski definition) is 5. The molecule has 2 unspecified atom stereocenters. The van der Waals surface area contributed by atoms with Gasteiger partial charge in [-0.05, 0) is 49.4 Å². The lowest BCUT2D eigenvalue weighted by atomic mass is 9.66. The van der Waals surface area contributed by atoms with Crippen LogP contribution in [0.2, 0.25) is 0 Å². The molecule has 2 aromatic rings. The Kier molecular flexibility index (Phi) is 6.52. The Labute approximate surface area is 200 Å². The zero-order valence-corrected chi connectivity index (χ0v) is 19.4. The molecule has 0 saturated carbocycles. The Balaban J connectivity index is 1.33. The number of urea groups is 1. The number of carbonyl (C=O) groups is 1. The molecule has 34 heavy (non-hydrogen) atoms. The number of carbonyl (C=O) groups excluding carboxylic acids is 1. The van der Waals surface area contributed by atoms with Gasteiger partial charge in [0.05, 0.1) is 17.1 Å². The Morgan fingerprint density at radius 3 is 2.44 bits per heavy atom. The number of ether oxygens (including phenoxy) is 1. The van der Waals surface area contributed by atoms with Crippen LogP contribution in [0.1, 0.15) is 30.4 Å². The summed E-state index contributed by atoms with van der Waals surface area (Å²) in [6.45, 7) is 5.48. The number of benzene rings is 2. The van der Waals surface area contributed by atoms with E-state index in [1.54, 1.807) is 12.1 Å². The van der Waals surface area contributed by atoms with Crippen molar-refractivity contribution in [2.75, 3.05) is 39.4 Å². The largest absolute Gasteiger partial charge is 0.381 e. The number of hydrogen-bond donors (Lipinski definition) is 1. The number of piperidine rings is 1. The fraction of sp³-hybridized carbons (Fsp3) is 0.500. The summed E-state index contributed by atoms with van der Waals surface area (Å²) in [7, 11) is 0. The zero-order chi connectivity index (χ0) is 23.5. The van der Waals surface area contributed by atoms with Crippen molar-refractivity contribution in [2.24, 2.45) is 11.8 Å². The molecule has 0 radical (unpaired) electrons. The number of nitrogens with zero attached hydrogens (tertiary/aromatic N) is 3. The minimum atomic E-state index is -0.360. The summed E-state index contributed by atoms with van der Waals surface area (Å²) in [5.74, 6) is 0.705. The third-order valence-electron chi connectivity index (χ3n) is 7.91. The lowest BCUT2D eigenvalue weighted by Gasteiger charge is -2.53. The summed E-state index contributed by atoms with van der Waals surface area (Å²) in [5, 5.41) is 13.9. The fourth-order valence-corrected chi connectivity index (χ4v) is 6.21. The molecule has 3 fully saturated rings. The van der Waals surface area contributed by atoms with Gasteiger partial charge in [0.25, 0.3) is 5.69 Å². The Bertz CT molecular complexity index is 1010. The van der Waals surface area contributed by atoms with Gasteiger partial charge in [0.2, 0.25) is 0 Å². The minimum absolute atomic E-state index is 0.0337. The van der Waals surface area contributed by atoms with Gasteiger partial charge in [0.1, 0.15) is 0 Å². The molecule has 2 aromatic carbocycles. The molecule has 0 bridgehead atoms. The highest BCUT2D eigenvalue weighted by atomic mass is 16.6. The minimum Gasteiger partial charge on any atom is -0.381 e. The van der Waals surface area contributed by atoms with Crippen LogP contribution in [0.4, 0.5) is 10.5 Å². The third-order valence-corrected chi connectivity index (χ3v) is 7.91. The first-order valence-electron chi connectivity index (χ1n) is 12.2. The van der Waals surface area contributed by atoms with Crippen LogP contribution in [-0.2, 0) is 16.8 Å². The van der Waals surface area contributed by atoms with Crippen molar-refractivity contribution in [3.8, 4) is 0 Å². The number of non-ortho nitro benzene ring substituents is 1.